The number of nitrogens with two attached hydrogens (primary N) is 1. The average molecular weight is 278 g/mol. The zero-order chi connectivity index (χ0) is 14.8. The number of nitrogen functional groups attached to an aromatic ring is 1. The van der Waals surface area contributed by atoms with Crippen molar-refractivity contribution in [1.82, 2.24) is 0 Å². The van der Waals surface area contributed by atoms with Crippen LogP contribution in [0.2, 0.25) is 0 Å². The summed E-state index contributed by atoms with van der Waals surface area (Å²) in [5.74, 6) is 0.359. The molecule has 0 fully saturated rings. The van der Waals surface area contributed by atoms with Crippen LogP contribution < -0.4 is 10.5 Å². The van der Waals surface area contributed by atoms with Crippen molar-refractivity contribution in [3.8, 4) is 17.6 Å². The van der Waals surface area contributed by atoms with Crippen LogP contribution in [-0.2, 0) is 6.18 Å². The van der Waals surface area contributed by atoms with Crippen LogP contribution in [0.5, 0.6) is 11.5 Å². The van der Waals surface area contributed by atoms with Crippen molar-refractivity contribution < 1.29 is 17.9 Å². The normalized spacial score (nSPS) is 10.9. The van der Waals surface area contributed by atoms with Crippen LogP contribution in [0.4, 0.5) is 18.9 Å². The lowest BCUT2D eigenvalue weighted by molar-refractivity contribution is -0.137. The molecule has 0 radical (unpaired) electrons. The number of benzene rings is 2. The highest BCUT2D eigenvalue weighted by molar-refractivity contribution is 5.47. The van der Waals surface area contributed by atoms with E-state index in [-0.39, 0.29) is 5.75 Å². The minimum absolute atomic E-state index is 0.00102. The molecule has 2 aromatic rings. The molecule has 2 N–H and O–H groups in total. The molecular formula is C14H9F3N2O. The highest BCUT2D eigenvalue weighted by Crippen LogP contribution is 2.35. The smallest absolute Gasteiger partial charge is 0.417 e. The summed E-state index contributed by atoms with van der Waals surface area (Å²) < 4.78 is 43.7. The highest BCUT2D eigenvalue weighted by Gasteiger charge is 2.34. The van der Waals surface area contributed by atoms with Crippen molar-refractivity contribution in [2.45, 2.75) is 6.18 Å². The Morgan fingerprint density at radius 3 is 2.15 bits per heavy atom. The fourth-order valence-electron chi connectivity index (χ4n) is 1.59. The van der Waals surface area contributed by atoms with Crippen LogP contribution in [0.1, 0.15) is 11.1 Å². The quantitative estimate of drug-likeness (QED) is 0.846. The molecular weight excluding hydrogens is 269 g/mol. The Labute approximate surface area is 113 Å². The summed E-state index contributed by atoms with van der Waals surface area (Å²) in [6, 6.07) is 10.9. The summed E-state index contributed by atoms with van der Waals surface area (Å²) in [5.41, 5.74) is 4.56. The average Bonchev–Trinajstić information content (AvgIpc) is 2.40. The van der Waals surface area contributed by atoms with Gasteiger partial charge in [0.25, 0.3) is 0 Å². The lowest BCUT2D eigenvalue weighted by Crippen LogP contribution is -2.07. The van der Waals surface area contributed by atoms with Gasteiger partial charge in [-0.3, -0.25) is 0 Å². The van der Waals surface area contributed by atoms with E-state index in [1.165, 1.54) is 12.1 Å². The summed E-state index contributed by atoms with van der Waals surface area (Å²) in [7, 11) is 0. The number of nitriles is 1. The third-order valence-electron chi connectivity index (χ3n) is 2.53. The predicted octanol–water partition coefficient (Wildman–Crippen LogP) is 3.95. The predicted molar refractivity (Wildman–Crippen MR) is 67.1 cm³/mol. The second kappa shape index (κ2) is 5.13. The van der Waals surface area contributed by atoms with Gasteiger partial charge in [0.2, 0.25) is 0 Å². The molecule has 0 aliphatic rings. The maximum Gasteiger partial charge on any atom is 0.417 e. The molecule has 102 valence electrons. The van der Waals surface area contributed by atoms with Gasteiger partial charge in [-0.1, -0.05) is 0 Å². The van der Waals surface area contributed by atoms with Crippen LogP contribution in [0.15, 0.2) is 42.5 Å². The van der Waals surface area contributed by atoms with Gasteiger partial charge in [0, 0.05) is 5.69 Å². The van der Waals surface area contributed by atoms with Gasteiger partial charge in [0.1, 0.15) is 11.5 Å². The van der Waals surface area contributed by atoms with E-state index in [0.717, 1.165) is 12.1 Å². The molecule has 2 aromatic carbocycles. The van der Waals surface area contributed by atoms with Gasteiger partial charge in [-0.05, 0) is 42.5 Å². The van der Waals surface area contributed by atoms with E-state index in [2.05, 4.69) is 0 Å². The first-order chi connectivity index (χ1) is 9.40. The van der Waals surface area contributed by atoms with E-state index in [1.807, 2.05) is 0 Å². The molecule has 0 atom stereocenters. The van der Waals surface area contributed by atoms with Crippen LogP contribution in [-0.4, -0.2) is 0 Å². The first kappa shape index (κ1) is 13.7. The van der Waals surface area contributed by atoms with E-state index in [0.29, 0.717) is 11.4 Å². The molecule has 0 aliphatic carbocycles. The Kier molecular flexibility index (Phi) is 3.53. The lowest BCUT2D eigenvalue weighted by Gasteiger charge is -2.11. The van der Waals surface area contributed by atoms with Gasteiger partial charge in [0.05, 0.1) is 17.2 Å². The summed E-state index contributed by atoms with van der Waals surface area (Å²) in [5, 5.41) is 8.69. The molecule has 0 heterocycles. The molecule has 6 heteroatoms. The van der Waals surface area contributed by atoms with Gasteiger partial charge >= 0.3 is 6.18 Å². The van der Waals surface area contributed by atoms with Gasteiger partial charge in [-0.2, -0.15) is 18.4 Å². The summed E-state index contributed by atoms with van der Waals surface area (Å²) in [6.07, 6.45) is -4.61. The fourth-order valence-corrected chi connectivity index (χ4v) is 1.59. The zero-order valence-corrected chi connectivity index (χ0v) is 10.1. The number of ether oxygens (including phenoxy) is 1. The number of nitrogens with zero attached hydrogens (tertiary/aromatic N) is 1. The number of rotatable bonds is 2. The molecule has 0 amide bonds. The van der Waals surface area contributed by atoms with Crippen LogP contribution >= 0.6 is 0 Å². The largest absolute Gasteiger partial charge is 0.457 e. The van der Waals surface area contributed by atoms with Crippen LogP contribution in [0, 0.1) is 11.3 Å². The Balaban J connectivity index is 2.34. The molecule has 0 saturated heterocycles. The number of hydrogen-bond donors (Lipinski definition) is 1. The van der Waals surface area contributed by atoms with E-state index >= 15 is 0 Å². The fraction of sp³-hybridized carbons (Fsp3) is 0.0714. The Morgan fingerprint density at radius 1 is 1.00 bits per heavy atom. The third-order valence-corrected chi connectivity index (χ3v) is 2.53. The summed E-state index contributed by atoms with van der Waals surface area (Å²) in [6.45, 7) is 0. The molecule has 3 nitrogen and oxygen atoms in total. The van der Waals surface area contributed by atoms with E-state index < -0.39 is 17.3 Å². The number of anilines is 1. The first-order valence-corrected chi connectivity index (χ1v) is 5.55. The van der Waals surface area contributed by atoms with Crippen molar-refractivity contribution in [2.75, 3.05) is 5.73 Å². The molecule has 0 unspecified atom stereocenters. The van der Waals surface area contributed by atoms with Crippen molar-refractivity contribution in [3.63, 3.8) is 0 Å². The van der Waals surface area contributed by atoms with Crippen LogP contribution in [0.3, 0.4) is 0 Å². The standard InChI is InChI=1S/C14H9F3N2O/c15-14(16,17)13-7-12(4-1-9(13)8-18)20-11-5-2-10(19)3-6-11/h1-7H,19H2. The Hall–Kier alpha value is -2.68. The number of halogens is 3. The summed E-state index contributed by atoms with van der Waals surface area (Å²) >= 11 is 0. The second-order valence-corrected chi connectivity index (χ2v) is 3.99. The summed E-state index contributed by atoms with van der Waals surface area (Å²) in [4.78, 5) is 0. The SMILES string of the molecule is N#Cc1ccc(Oc2ccc(N)cc2)cc1C(F)(F)F. The van der Waals surface area contributed by atoms with Crippen molar-refractivity contribution >= 4 is 5.69 Å². The van der Waals surface area contributed by atoms with E-state index in [9.17, 15) is 13.2 Å². The minimum Gasteiger partial charge on any atom is -0.457 e. The van der Waals surface area contributed by atoms with Crippen molar-refractivity contribution in [3.05, 3.63) is 53.6 Å². The maximum atomic E-state index is 12.8. The molecule has 2 rings (SSSR count). The van der Waals surface area contributed by atoms with Gasteiger partial charge in [-0.25, -0.2) is 0 Å². The zero-order valence-electron chi connectivity index (χ0n) is 10.1. The molecule has 20 heavy (non-hydrogen) atoms. The minimum atomic E-state index is -4.61. The molecule has 0 bridgehead atoms. The first-order valence-electron chi connectivity index (χ1n) is 5.55. The third kappa shape index (κ3) is 3.01. The van der Waals surface area contributed by atoms with E-state index in [4.69, 9.17) is 15.7 Å². The maximum absolute atomic E-state index is 12.8. The second-order valence-electron chi connectivity index (χ2n) is 3.99. The van der Waals surface area contributed by atoms with Gasteiger partial charge in [0.15, 0.2) is 0 Å². The number of alkyl halides is 3. The Bertz CT molecular complexity index is 658. The Morgan fingerprint density at radius 2 is 1.60 bits per heavy atom. The topological polar surface area (TPSA) is 59.0 Å². The molecule has 0 saturated carbocycles. The monoisotopic (exact) mass is 278 g/mol. The molecule has 0 aliphatic heterocycles. The lowest BCUT2D eigenvalue weighted by atomic mass is 10.1. The van der Waals surface area contributed by atoms with Crippen molar-refractivity contribution in [2.24, 2.45) is 0 Å². The van der Waals surface area contributed by atoms with Crippen molar-refractivity contribution in [1.29, 1.82) is 5.26 Å². The van der Waals surface area contributed by atoms with Gasteiger partial charge < -0.3 is 10.5 Å². The van der Waals surface area contributed by atoms with Crippen LogP contribution in [0.25, 0.3) is 0 Å². The molecule has 0 aromatic heterocycles. The van der Waals surface area contributed by atoms with Gasteiger partial charge in [-0.15, -0.1) is 0 Å². The number of hydrogen-bond acceptors (Lipinski definition) is 3. The highest BCUT2D eigenvalue weighted by atomic mass is 19.4. The van der Waals surface area contributed by atoms with E-state index in [1.54, 1.807) is 24.3 Å². The molecule has 0 spiro atoms.